The fourth-order valence-corrected chi connectivity index (χ4v) is 2.80. The summed E-state index contributed by atoms with van der Waals surface area (Å²) in [6.07, 6.45) is 1.76. The Kier molecular flexibility index (Phi) is 3.64. The van der Waals surface area contributed by atoms with Gasteiger partial charge in [-0.05, 0) is 31.2 Å². The van der Waals surface area contributed by atoms with Crippen LogP contribution in [-0.2, 0) is 11.3 Å². The molecule has 3 heterocycles. The van der Waals surface area contributed by atoms with Crippen LogP contribution in [0.25, 0.3) is 5.52 Å². The summed E-state index contributed by atoms with van der Waals surface area (Å²) in [4.78, 5) is 24.7. The largest absolute Gasteiger partial charge is 0.486 e. The quantitative estimate of drug-likeness (QED) is 0.774. The van der Waals surface area contributed by atoms with Crippen molar-refractivity contribution < 1.29 is 14.3 Å². The normalized spacial score (nSPS) is 13.0. The first-order valence-corrected chi connectivity index (χ1v) is 7.86. The predicted molar refractivity (Wildman–Crippen MR) is 90.3 cm³/mol. The Labute approximate surface area is 142 Å². The molecule has 0 bridgehead atoms. The van der Waals surface area contributed by atoms with Crippen molar-refractivity contribution in [3.05, 3.63) is 52.7 Å². The van der Waals surface area contributed by atoms with E-state index in [4.69, 9.17) is 9.47 Å². The highest BCUT2D eigenvalue weighted by Crippen LogP contribution is 2.32. The summed E-state index contributed by atoms with van der Waals surface area (Å²) in [6, 6.07) is 8.63. The Morgan fingerprint density at radius 1 is 1.24 bits per heavy atom. The molecule has 0 unspecified atom stereocenters. The molecular weight excluding hydrogens is 324 g/mol. The van der Waals surface area contributed by atoms with Gasteiger partial charge in [0.05, 0.1) is 0 Å². The zero-order valence-electron chi connectivity index (χ0n) is 13.6. The van der Waals surface area contributed by atoms with Crippen LogP contribution >= 0.6 is 0 Å². The number of anilines is 1. The zero-order valence-corrected chi connectivity index (χ0v) is 13.6. The van der Waals surface area contributed by atoms with Crippen LogP contribution in [0.5, 0.6) is 11.5 Å². The zero-order chi connectivity index (χ0) is 17.4. The summed E-state index contributed by atoms with van der Waals surface area (Å²) in [5.74, 6) is 1.52. The van der Waals surface area contributed by atoms with Crippen molar-refractivity contribution in [1.29, 1.82) is 0 Å². The van der Waals surface area contributed by atoms with Crippen molar-refractivity contribution >= 4 is 17.1 Å². The molecule has 1 aliphatic heterocycles. The van der Waals surface area contributed by atoms with Gasteiger partial charge in [-0.3, -0.25) is 14.0 Å². The lowest BCUT2D eigenvalue weighted by molar-refractivity contribution is -0.117. The molecule has 8 heteroatoms. The standard InChI is InChI=1S/C17H16N4O4/c1-11-19-21(17(23)13-3-2-6-20(11)13)10-16(22)18-12-4-5-14-15(9-12)25-8-7-24-14/h2-6,9H,7-8,10H2,1H3,(H,18,22). The average molecular weight is 340 g/mol. The molecule has 1 aliphatic rings. The third-order valence-electron chi connectivity index (χ3n) is 3.94. The summed E-state index contributed by atoms with van der Waals surface area (Å²) in [5, 5.41) is 6.93. The molecule has 0 saturated heterocycles. The number of fused-ring (bicyclic) bond motifs is 2. The first-order valence-electron chi connectivity index (χ1n) is 7.86. The lowest BCUT2D eigenvalue weighted by Crippen LogP contribution is -2.31. The van der Waals surface area contributed by atoms with E-state index in [1.54, 1.807) is 47.9 Å². The maximum Gasteiger partial charge on any atom is 0.291 e. The van der Waals surface area contributed by atoms with E-state index in [0.29, 0.717) is 41.7 Å². The van der Waals surface area contributed by atoms with Crippen LogP contribution in [0, 0.1) is 6.92 Å². The van der Waals surface area contributed by atoms with Crippen LogP contribution in [0.2, 0.25) is 0 Å². The third-order valence-corrected chi connectivity index (χ3v) is 3.94. The monoisotopic (exact) mass is 340 g/mol. The molecule has 1 aromatic carbocycles. The molecule has 25 heavy (non-hydrogen) atoms. The highest BCUT2D eigenvalue weighted by Gasteiger charge is 2.14. The van der Waals surface area contributed by atoms with E-state index in [1.165, 1.54) is 0 Å². The molecule has 1 N–H and O–H groups in total. The van der Waals surface area contributed by atoms with E-state index in [1.807, 2.05) is 0 Å². The molecule has 8 nitrogen and oxygen atoms in total. The summed E-state index contributed by atoms with van der Waals surface area (Å²) >= 11 is 0. The van der Waals surface area contributed by atoms with Gasteiger partial charge in [0.25, 0.3) is 5.56 Å². The lowest BCUT2D eigenvalue weighted by atomic mass is 10.2. The van der Waals surface area contributed by atoms with Gasteiger partial charge in [-0.2, -0.15) is 5.10 Å². The first kappa shape index (κ1) is 15.3. The molecule has 128 valence electrons. The minimum Gasteiger partial charge on any atom is -0.486 e. The molecule has 0 aliphatic carbocycles. The molecular formula is C17H16N4O4. The number of aromatic nitrogens is 3. The number of hydrogen-bond acceptors (Lipinski definition) is 5. The lowest BCUT2D eigenvalue weighted by Gasteiger charge is -2.19. The van der Waals surface area contributed by atoms with Crippen molar-refractivity contribution in [2.24, 2.45) is 0 Å². The molecule has 0 saturated carbocycles. The topological polar surface area (TPSA) is 86.9 Å². The molecule has 0 spiro atoms. The van der Waals surface area contributed by atoms with E-state index in [9.17, 15) is 9.59 Å². The number of nitrogens with zero attached hydrogens (tertiary/aromatic N) is 3. The van der Waals surface area contributed by atoms with Gasteiger partial charge in [0.1, 0.15) is 31.1 Å². The highest BCUT2D eigenvalue weighted by molar-refractivity contribution is 5.90. The van der Waals surface area contributed by atoms with Gasteiger partial charge in [-0.1, -0.05) is 0 Å². The minimum atomic E-state index is -0.346. The van der Waals surface area contributed by atoms with Crippen LogP contribution in [0.15, 0.2) is 41.3 Å². The molecule has 3 aromatic rings. The molecule has 4 rings (SSSR count). The fourth-order valence-electron chi connectivity index (χ4n) is 2.80. The smallest absolute Gasteiger partial charge is 0.291 e. The van der Waals surface area contributed by atoms with Gasteiger partial charge in [0, 0.05) is 18.0 Å². The Balaban J connectivity index is 1.55. The van der Waals surface area contributed by atoms with Gasteiger partial charge in [-0.15, -0.1) is 0 Å². The van der Waals surface area contributed by atoms with Gasteiger partial charge in [0.2, 0.25) is 5.91 Å². The van der Waals surface area contributed by atoms with E-state index >= 15 is 0 Å². The Hall–Kier alpha value is -3.29. The van der Waals surface area contributed by atoms with Gasteiger partial charge >= 0.3 is 0 Å². The van der Waals surface area contributed by atoms with Crippen molar-refractivity contribution in [2.75, 3.05) is 18.5 Å². The second-order valence-corrected chi connectivity index (χ2v) is 5.68. The average Bonchev–Trinajstić information content (AvgIpc) is 3.10. The van der Waals surface area contributed by atoms with Crippen molar-refractivity contribution in [3.8, 4) is 11.5 Å². The number of ether oxygens (including phenoxy) is 2. The third kappa shape index (κ3) is 2.82. The van der Waals surface area contributed by atoms with Crippen LogP contribution in [0.1, 0.15) is 5.82 Å². The van der Waals surface area contributed by atoms with Gasteiger partial charge in [0.15, 0.2) is 11.5 Å². The Morgan fingerprint density at radius 3 is 2.88 bits per heavy atom. The summed E-state index contributed by atoms with van der Waals surface area (Å²) in [5.41, 5.74) is 0.746. The number of carbonyl (C=O) groups is 1. The summed E-state index contributed by atoms with van der Waals surface area (Å²) < 4.78 is 13.8. The highest BCUT2D eigenvalue weighted by atomic mass is 16.6. The fraction of sp³-hybridized carbons (Fsp3) is 0.235. The number of aryl methyl sites for hydroxylation is 1. The van der Waals surface area contributed by atoms with Crippen LogP contribution < -0.4 is 20.3 Å². The Bertz CT molecular complexity index is 1020. The second kappa shape index (κ2) is 5.97. The maximum absolute atomic E-state index is 12.4. The van der Waals surface area contributed by atoms with Crippen molar-refractivity contribution in [1.82, 2.24) is 14.2 Å². The number of benzene rings is 1. The number of amides is 1. The summed E-state index contributed by atoms with van der Waals surface area (Å²) in [6.45, 7) is 2.59. The number of rotatable bonds is 3. The Morgan fingerprint density at radius 2 is 2.04 bits per heavy atom. The van der Waals surface area contributed by atoms with Crippen molar-refractivity contribution in [3.63, 3.8) is 0 Å². The first-order chi connectivity index (χ1) is 12.1. The summed E-state index contributed by atoms with van der Waals surface area (Å²) in [7, 11) is 0. The molecule has 0 radical (unpaired) electrons. The number of nitrogens with one attached hydrogen (secondary N) is 1. The van der Waals surface area contributed by atoms with Gasteiger partial charge in [-0.25, -0.2) is 4.68 Å². The minimum absolute atomic E-state index is 0.171. The van der Waals surface area contributed by atoms with E-state index in [0.717, 1.165) is 4.68 Å². The maximum atomic E-state index is 12.4. The van der Waals surface area contributed by atoms with E-state index < -0.39 is 0 Å². The van der Waals surface area contributed by atoms with Crippen LogP contribution in [0.3, 0.4) is 0 Å². The van der Waals surface area contributed by atoms with Gasteiger partial charge < -0.3 is 14.8 Å². The predicted octanol–water partition coefficient (Wildman–Crippen LogP) is 1.21. The molecule has 1 amide bonds. The SMILES string of the molecule is Cc1nn(CC(=O)Nc2ccc3c(c2)OCCO3)c(=O)c2cccn12. The van der Waals surface area contributed by atoms with Crippen LogP contribution in [0.4, 0.5) is 5.69 Å². The van der Waals surface area contributed by atoms with E-state index in [-0.39, 0.29) is 18.0 Å². The molecule has 2 aromatic heterocycles. The second-order valence-electron chi connectivity index (χ2n) is 5.68. The molecule has 0 fully saturated rings. The number of hydrogen-bond donors (Lipinski definition) is 1. The number of carbonyl (C=O) groups excluding carboxylic acids is 1. The van der Waals surface area contributed by atoms with E-state index in [2.05, 4.69) is 10.4 Å². The molecule has 0 atom stereocenters. The van der Waals surface area contributed by atoms with Crippen LogP contribution in [-0.4, -0.2) is 33.3 Å². The van der Waals surface area contributed by atoms with Crippen molar-refractivity contribution in [2.45, 2.75) is 13.5 Å².